The number of nitrogens with one attached hydrogen (secondary N) is 2. The van der Waals surface area contributed by atoms with Gasteiger partial charge in [-0.15, -0.1) is 0 Å². The van der Waals surface area contributed by atoms with Gasteiger partial charge in [0.1, 0.15) is 6.04 Å². The van der Waals surface area contributed by atoms with Gasteiger partial charge in [-0.1, -0.05) is 38.0 Å². The molecule has 0 aliphatic heterocycles. The van der Waals surface area contributed by atoms with Crippen molar-refractivity contribution in [1.29, 1.82) is 0 Å². The molecule has 0 fully saturated rings. The molecule has 1 aliphatic carbocycles. The number of hydrogen-bond acceptors (Lipinski definition) is 3. The molecule has 3 rings (SSSR count). The number of rotatable bonds is 6. The molecule has 23 heavy (non-hydrogen) atoms. The van der Waals surface area contributed by atoms with Crippen LogP contribution < -0.4 is 5.32 Å². The number of fused-ring (bicyclic) bond motifs is 3. The van der Waals surface area contributed by atoms with Gasteiger partial charge in [0.15, 0.2) is 0 Å². The third-order valence-electron chi connectivity index (χ3n) is 4.86. The number of hydrogen-bond donors (Lipinski definition) is 2. The predicted octanol–water partition coefficient (Wildman–Crippen LogP) is 3.35. The first-order valence-electron chi connectivity index (χ1n) is 8.65. The van der Waals surface area contributed by atoms with E-state index in [4.69, 9.17) is 4.74 Å². The van der Waals surface area contributed by atoms with Crippen LogP contribution in [0.2, 0.25) is 0 Å². The smallest absolute Gasteiger partial charge is 0.322 e. The summed E-state index contributed by atoms with van der Waals surface area (Å²) in [6, 6.07) is 8.62. The molecule has 2 N–H and O–H groups in total. The second-order valence-electron chi connectivity index (χ2n) is 6.45. The maximum Gasteiger partial charge on any atom is 0.322 e. The number of benzene rings is 1. The number of aromatic amines is 1. The lowest BCUT2D eigenvalue weighted by atomic mass is 9.90. The highest BCUT2D eigenvalue weighted by Crippen LogP contribution is 2.29. The zero-order chi connectivity index (χ0) is 16.2. The number of aromatic nitrogens is 1. The monoisotopic (exact) mass is 314 g/mol. The average molecular weight is 314 g/mol. The number of aryl methyl sites for hydroxylation is 1. The van der Waals surface area contributed by atoms with E-state index in [9.17, 15) is 4.79 Å². The first-order valence-corrected chi connectivity index (χ1v) is 8.65. The summed E-state index contributed by atoms with van der Waals surface area (Å²) in [6.07, 6.45) is 6.03. The lowest BCUT2D eigenvalue weighted by molar-refractivity contribution is -0.143. The standard InChI is InChI=1S/C19H26N2O2/c1-3-4-8-18(19(22)23-2)20-13-10-11-17-15(12-13)14-7-5-6-9-16(14)21-17/h5-7,9,13,18,20-21H,3-4,8,10-12H2,1-2H3/t13-,18-/m1/s1. The molecule has 1 aromatic carbocycles. The Bertz CT molecular complexity index is 677. The minimum Gasteiger partial charge on any atom is -0.468 e. The molecule has 0 saturated heterocycles. The Kier molecular flexibility index (Phi) is 5.01. The normalized spacial score (nSPS) is 18.6. The van der Waals surface area contributed by atoms with Crippen LogP contribution in [0.1, 0.15) is 43.9 Å². The maximum absolute atomic E-state index is 12.0. The van der Waals surface area contributed by atoms with Crippen molar-refractivity contribution in [2.75, 3.05) is 7.11 Å². The summed E-state index contributed by atoms with van der Waals surface area (Å²) in [5.74, 6) is -0.136. The topological polar surface area (TPSA) is 54.1 Å². The highest BCUT2D eigenvalue weighted by molar-refractivity contribution is 5.85. The van der Waals surface area contributed by atoms with Gasteiger partial charge in [0.25, 0.3) is 0 Å². The number of para-hydroxylation sites is 1. The fourth-order valence-corrected chi connectivity index (χ4v) is 3.62. The van der Waals surface area contributed by atoms with Crippen LogP contribution in [0.5, 0.6) is 0 Å². The second kappa shape index (κ2) is 7.18. The van der Waals surface area contributed by atoms with E-state index in [1.807, 2.05) is 0 Å². The van der Waals surface area contributed by atoms with Crippen molar-refractivity contribution in [3.8, 4) is 0 Å². The number of H-pyrrole nitrogens is 1. The molecular weight excluding hydrogens is 288 g/mol. The largest absolute Gasteiger partial charge is 0.468 e. The van der Waals surface area contributed by atoms with Gasteiger partial charge in [-0.3, -0.25) is 4.79 Å². The molecule has 4 heteroatoms. The van der Waals surface area contributed by atoms with Crippen LogP contribution in [-0.4, -0.2) is 30.1 Å². The lowest BCUT2D eigenvalue weighted by Gasteiger charge is -2.27. The second-order valence-corrected chi connectivity index (χ2v) is 6.45. The van der Waals surface area contributed by atoms with Gasteiger partial charge in [-0.25, -0.2) is 0 Å². The van der Waals surface area contributed by atoms with Gasteiger partial charge in [0.2, 0.25) is 0 Å². The Balaban J connectivity index is 1.74. The third kappa shape index (κ3) is 3.42. The van der Waals surface area contributed by atoms with Crippen LogP contribution in [0.25, 0.3) is 10.9 Å². The van der Waals surface area contributed by atoms with Crippen molar-refractivity contribution in [2.24, 2.45) is 0 Å². The predicted molar refractivity (Wildman–Crippen MR) is 92.6 cm³/mol. The van der Waals surface area contributed by atoms with Crippen LogP contribution in [0, 0.1) is 0 Å². The van der Waals surface area contributed by atoms with E-state index in [1.54, 1.807) is 0 Å². The quantitative estimate of drug-likeness (QED) is 0.804. The van der Waals surface area contributed by atoms with Crippen LogP contribution in [0.3, 0.4) is 0 Å². The van der Waals surface area contributed by atoms with Crippen molar-refractivity contribution in [3.05, 3.63) is 35.5 Å². The molecule has 0 radical (unpaired) electrons. The van der Waals surface area contributed by atoms with E-state index >= 15 is 0 Å². The van der Waals surface area contributed by atoms with Crippen molar-refractivity contribution in [3.63, 3.8) is 0 Å². The number of esters is 1. The number of methoxy groups -OCH3 is 1. The van der Waals surface area contributed by atoms with Crippen molar-refractivity contribution in [2.45, 2.75) is 57.5 Å². The summed E-state index contributed by atoms with van der Waals surface area (Å²) in [6.45, 7) is 2.15. The summed E-state index contributed by atoms with van der Waals surface area (Å²) in [7, 11) is 1.47. The molecular formula is C19H26N2O2. The first-order chi connectivity index (χ1) is 11.2. The number of carbonyl (C=O) groups is 1. The number of unbranched alkanes of at least 4 members (excludes halogenated alkanes) is 1. The zero-order valence-electron chi connectivity index (χ0n) is 14.0. The fraction of sp³-hybridized carbons (Fsp3) is 0.526. The van der Waals surface area contributed by atoms with Gasteiger partial charge < -0.3 is 15.0 Å². The minimum absolute atomic E-state index is 0.136. The Morgan fingerprint density at radius 2 is 2.26 bits per heavy atom. The summed E-state index contributed by atoms with van der Waals surface area (Å²) < 4.78 is 4.97. The van der Waals surface area contributed by atoms with Crippen LogP contribution >= 0.6 is 0 Å². The molecule has 124 valence electrons. The molecule has 0 saturated carbocycles. The molecule has 0 unspecified atom stereocenters. The van der Waals surface area contributed by atoms with Crippen molar-refractivity contribution >= 4 is 16.9 Å². The average Bonchev–Trinajstić information content (AvgIpc) is 2.96. The van der Waals surface area contributed by atoms with Gasteiger partial charge in [-0.05, 0) is 37.3 Å². The Morgan fingerprint density at radius 1 is 1.43 bits per heavy atom. The number of carbonyl (C=O) groups excluding carboxylic acids is 1. The summed E-state index contributed by atoms with van der Waals surface area (Å²) in [5, 5.41) is 4.87. The van der Waals surface area contributed by atoms with Crippen molar-refractivity contribution in [1.82, 2.24) is 10.3 Å². The molecule has 2 atom stereocenters. The molecule has 0 bridgehead atoms. The molecule has 0 amide bonds. The molecule has 2 aromatic rings. The van der Waals surface area contributed by atoms with E-state index in [0.29, 0.717) is 6.04 Å². The van der Waals surface area contributed by atoms with Crippen LogP contribution in [0.4, 0.5) is 0 Å². The zero-order valence-corrected chi connectivity index (χ0v) is 14.0. The fourth-order valence-electron chi connectivity index (χ4n) is 3.62. The van der Waals surface area contributed by atoms with E-state index in [0.717, 1.165) is 38.5 Å². The highest BCUT2D eigenvalue weighted by Gasteiger charge is 2.27. The van der Waals surface area contributed by atoms with E-state index in [-0.39, 0.29) is 12.0 Å². The van der Waals surface area contributed by atoms with E-state index in [2.05, 4.69) is 41.5 Å². The van der Waals surface area contributed by atoms with Crippen LogP contribution in [-0.2, 0) is 22.4 Å². The molecule has 1 aromatic heterocycles. The van der Waals surface area contributed by atoms with E-state index < -0.39 is 0 Å². The van der Waals surface area contributed by atoms with Gasteiger partial charge >= 0.3 is 5.97 Å². The summed E-state index contributed by atoms with van der Waals surface area (Å²) in [5.41, 5.74) is 3.98. The molecule has 4 nitrogen and oxygen atoms in total. The Morgan fingerprint density at radius 3 is 3.04 bits per heavy atom. The lowest BCUT2D eigenvalue weighted by Crippen LogP contribution is -2.46. The minimum atomic E-state index is -0.184. The molecule has 1 aliphatic rings. The van der Waals surface area contributed by atoms with Gasteiger partial charge in [-0.2, -0.15) is 0 Å². The summed E-state index contributed by atoms with van der Waals surface area (Å²) >= 11 is 0. The SMILES string of the molecule is CCCC[C@@H](N[C@@H]1CCc2[nH]c3ccccc3c2C1)C(=O)OC. The van der Waals surface area contributed by atoms with Crippen molar-refractivity contribution < 1.29 is 9.53 Å². The molecule has 1 heterocycles. The van der Waals surface area contributed by atoms with Gasteiger partial charge in [0, 0.05) is 22.6 Å². The first kappa shape index (κ1) is 16.1. The number of ether oxygens (including phenoxy) is 1. The van der Waals surface area contributed by atoms with E-state index in [1.165, 1.54) is 29.3 Å². The maximum atomic E-state index is 12.0. The third-order valence-corrected chi connectivity index (χ3v) is 4.86. The Hall–Kier alpha value is -1.81. The molecule has 0 spiro atoms. The highest BCUT2D eigenvalue weighted by atomic mass is 16.5. The Labute approximate surface area is 137 Å². The van der Waals surface area contributed by atoms with Crippen LogP contribution in [0.15, 0.2) is 24.3 Å². The van der Waals surface area contributed by atoms with Gasteiger partial charge in [0.05, 0.1) is 7.11 Å². The summed E-state index contributed by atoms with van der Waals surface area (Å²) in [4.78, 5) is 15.5.